The summed E-state index contributed by atoms with van der Waals surface area (Å²) in [5.41, 5.74) is 1.22. The van der Waals surface area contributed by atoms with E-state index in [2.05, 4.69) is 53.3 Å². The van der Waals surface area contributed by atoms with E-state index in [9.17, 15) is 0 Å². The first-order valence-corrected chi connectivity index (χ1v) is 8.27. The Balaban J connectivity index is 0.00000264. The summed E-state index contributed by atoms with van der Waals surface area (Å²) in [6.45, 7) is 3.98. The van der Waals surface area contributed by atoms with Crippen molar-refractivity contribution >= 4 is 41.5 Å². The second kappa shape index (κ2) is 9.69. The van der Waals surface area contributed by atoms with E-state index in [0.717, 1.165) is 30.1 Å². The normalized spacial score (nSPS) is 16.0. The first kappa shape index (κ1) is 20.5. The van der Waals surface area contributed by atoms with Crippen molar-refractivity contribution in [1.29, 1.82) is 0 Å². The maximum Gasteiger partial charge on any atom is 0.193 e. The Kier molecular flexibility index (Phi) is 8.64. The highest BCUT2D eigenvalue weighted by Gasteiger charge is 2.29. The summed E-state index contributed by atoms with van der Waals surface area (Å²) in [5, 5.41) is 4.24. The van der Waals surface area contributed by atoms with Crippen LogP contribution >= 0.6 is 35.6 Å². The number of likely N-dealkylation sites (N-methyl/N-ethyl adjacent to an activating group) is 1. The molecule has 0 radical (unpaired) electrons. The lowest BCUT2D eigenvalue weighted by Crippen LogP contribution is -2.45. The number of nitrogens with zero attached hydrogens (tertiary/aromatic N) is 3. The van der Waals surface area contributed by atoms with Crippen LogP contribution in [-0.2, 0) is 6.54 Å². The Morgan fingerprint density at radius 1 is 1.30 bits per heavy atom. The highest BCUT2D eigenvalue weighted by Crippen LogP contribution is 2.26. The van der Waals surface area contributed by atoms with Crippen LogP contribution in [0.4, 0.5) is 0 Å². The average Bonchev–Trinajstić information content (AvgIpc) is 3.34. The van der Waals surface area contributed by atoms with E-state index in [4.69, 9.17) is 11.6 Å². The smallest absolute Gasteiger partial charge is 0.193 e. The van der Waals surface area contributed by atoms with Gasteiger partial charge in [-0.15, -0.1) is 24.0 Å². The van der Waals surface area contributed by atoms with Gasteiger partial charge in [-0.2, -0.15) is 0 Å². The number of aliphatic imine (C=N–C) groups is 1. The van der Waals surface area contributed by atoms with Crippen molar-refractivity contribution in [2.45, 2.75) is 38.4 Å². The van der Waals surface area contributed by atoms with Crippen molar-refractivity contribution < 1.29 is 0 Å². The minimum atomic E-state index is 0. The first-order chi connectivity index (χ1) is 10.5. The van der Waals surface area contributed by atoms with Gasteiger partial charge in [0.1, 0.15) is 0 Å². The van der Waals surface area contributed by atoms with Crippen molar-refractivity contribution in [3.63, 3.8) is 0 Å². The van der Waals surface area contributed by atoms with Crippen LogP contribution in [0, 0.1) is 0 Å². The molecular weight excluding hydrogens is 423 g/mol. The fraction of sp³-hybridized carbons (Fsp3) is 0.588. The van der Waals surface area contributed by atoms with E-state index >= 15 is 0 Å². The van der Waals surface area contributed by atoms with Gasteiger partial charge in [-0.1, -0.05) is 23.7 Å². The number of hydrogen-bond donors (Lipinski definition) is 1. The van der Waals surface area contributed by atoms with Gasteiger partial charge in [0.15, 0.2) is 5.96 Å². The van der Waals surface area contributed by atoms with Gasteiger partial charge in [-0.25, -0.2) is 0 Å². The van der Waals surface area contributed by atoms with Gasteiger partial charge in [0.25, 0.3) is 0 Å². The highest BCUT2D eigenvalue weighted by atomic mass is 127. The molecule has 0 bridgehead atoms. The molecule has 1 aliphatic rings. The molecule has 1 N–H and O–H groups in total. The van der Waals surface area contributed by atoms with Crippen LogP contribution in [0.1, 0.15) is 25.3 Å². The van der Waals surface area contributed by atoms with Crippen molar-refractivity contribution in [3.8, 4) is 0 Å². The van der Waals surface area contributed by atoms with Crippen LogP contribution < -0.4 is 5.32 Å². The van der Waals surface area contributed by atoms with Crippen LogP contribution in [0.5, 0.6) is 0 Å². The molecule has 1 fully saturated rings. The molecule has 1 unspecified atom stereocenters. The molecular formula is C17H28ClIN4. The molecule has 0 saturated heterocycles. The maximum atomic E-state index is 5.93. The van der Waals surface area contributed by atoms with Crippen LogP contribution in [0.3, 0.4) is 0 Å². The number of halogens is 2. The minimum absolute atomic E-state index is 0. The monoisotopic (exact) mass is 450 g/mol. The zero-order valence-corrected chi connectivity index (χ0v) is 17.5. The average molecular weight is 451 g/mol. The summed E-state index contributed by atoms with van der Waals surface area (Å²) in [6.07, 6.45) is 2.68. The third-order valence-electron chi connectivity index (χ3n) is 4.28. The molecule has 0 aromatic heterocycles. The molecule has 4 nitrogen and oxygen atoms in total. The predicted molar refractivity (Wildman–Crippen MR) is 110 cm³/mol. The fourth-order valence-electron chi connectivity index (χ4n) is 2.55. The summed E-state index contributed by atoms with van der Waals surface area (Å²) in [7, 11) is 6.10. The SMILES string of the molecule is CN=C(NCC(C)N(C)C1CC1)N(C)Cc1ccc(Cl)cc1.I. The number of hydrogen-bond acceptors (Lipinski definition) is 2. The predicted octanol–water partition coefficient (Wildman–Crippen LogP) is 3.45. The molecule has 0 heterocycles. The van der Waals surface area contributed by atoms with Crippen molar-refractivity contribution in [1.82, 2.24) is 15.1 Å². The Hall–Kier alpha value is -0.530. The molecule has 6 heteroatoms. The van der Waals surface area contributed by atoms with Crippen LogP contribution in [0.2, 0.25) is 5.02 Å². The molecule has 1 aromatic rings. The second-order valence-corrected chi connectivity index (χ2v) is 6.59. The highest BCUT2D eigenvalue weighted by molar-refractivity contribution is 14.0. The molecule has 2 rings (SSSR count). The van der Waals surface area contributed by atoms with Gasteiger partial charge in [-0.3, -0.25) is 9.89 Å². The Bertz CT molecular complexity index is 502. The van der Waals surface area contributed by atoms with Crippen molar-refractivity contribution in [2.24, 2.45) is 4.99 Å². The molecule has 0 amide bonds. The van der Waals surface area contributed by atoms with E-state index in [-0.39, 0.29) is 24.0 Å². The van der Waals surface area contributed by atoms with Crippen LogP contribution in [-0.4, -0.2) is 55.5 Å². The van der Waals surface area contributed by atoms with E-state index in [0.29, 0.717) is 6.04 Å². The molecule has 1 aromatic carbocycles. The summed E-state index contributed by atoms with van der Waals surface area (Å²) in [6, 6.07) is 9.24. The zero-order valence-electron chi connectivity index (χ0n) is 14.4. The molecule has 1 saturated carbocycles. The van der Waals surface area contributed by atoms with Gasteiger partial charge in [-0.05, 0) is 44.5 Å². The molecule has 1 atom stereocenters. The standard InChI is InChI=1S/C17H27ClN4.HI/c1-13(22(4)16-9-10-16)11-20-17(19-2)21(3)12-14-5-7-15(18)8-6-14;/h5-8,13,16H,9-12H2,1-4H3,(H,19,20);1H. The number of rotatable bonds is 6. The lowest BCUT2D eigenvalue weighted by atomic mass is 10.2. The molecule has 1 aliphatic carbocycles. The second-order valence-electron chi connectivity index (χ2n) is 6.16. The Morgan fingerprint density at radius 3 is 2.43 bits per heavy atom. The summed E-state index contributed by atoms with van der Waals surface area (Å²) >= 11 is 5.93. The van der Waals surface area contributed by atoms with E-state index in [1.54, 1.807) is 0 Å². The van der Waals surface area contributed by atoms with Gasteiger partial charge in [0.05, 0.1) is 0 Å². The fourth-order valence-corrected chi connectivity index (χ4v) is 2.67. The Morgan fingerprint density at radius 2 is 1.91 bits per heavy atom. The lowest BCUT2D eigenvalue weighted by molar-refractivity contribution is 0.246. The maximum absolute atomic E-state index is 5.93. The summed E-state index contributed by atoms with van der Waals surface area (Å²) in [5.74, 6) is 0.922. The molecule has 130 valence electrons. The minimum Gasteiger partial charge on any atom is -0.355 e. The van der Waals surface area contributed by atoms with Crippen LogP contribution in [0.15, 0.2) is 29.3 Å². The Labute approximate surface area is 162 Å². The van der Waals surface area contributed by atoms with E-state index in [1.165, 1.54) is 18.4 Å². The number of benzene rings is 1. The molecule has 0 aliphatic heterocycles. The van der Waals surface area contributed by atoms with Crippen molar-refractivity contribution in [2.75, 3.05) is 27.7 Å². The molecule has 23 heavy (non-hydrogen) atoms. The first-order valence-electron chi connectivity index (χ1n) is 7.89. The molecule has 0 spiro atoms. The largest absolute Gasteiger partial charge is 0.355 e. The van der Waals surface area contributed by atoms with E-state index in [1.807, 2.05) is 19.2 Å². The number of guanidine groups is 1. The van der Waals surface area contributed by atoms with Crippen LogP contribution in [0.25, 0.3) is 0 Å². The zero-order chi connectivity index (χ0) is 16.1. The van der Waals surface area contributed by atoms with Gasteiger partial charge < -0.3 is 10.2 Å². The van der Waals surface area contributed by atoms with Crippen molar-refractivity contribution in [3.05, 3.63) is 34.9 Å². The lowest BCUT2D eigenvalue weighted by Gasteiger charge is -2.28. The van der Waals surface area contributed by atoms with Gasteiger partial charge in [0, 0.05) is 44.3 Å². The van der Waals surface area contributed by atoms with Gasteiger partial charge >= 0.3 is 0 Å². The third kappa shape index (κ3) is 6.47. The summed E-state index contributed by atoms with van der Waals surface area (Å²) in [4.78, 5) is 8.97. The third-order valence-corrected chi connectivity index (χ3v) is 4.53. The topological polar surface area (TPSA) is 30.9 Å². The summed E-state index contributed by atoms with van der Waals surface area (Å²) < 4.78 is 0. The quantitative estimate of drug-likeness (QED) is 0.409. The van der Waals surface area contributed by atoms with Gasteiger partial charge in [0.2, 0.25) is 0 Å². The van der Waals surface area contributed by atoms with E-state index < -0.39 is 0 Å². The number of nitrogens with one attached hydrogen (secondary N) is 1.